The first kappa shape index (κ1) is 19.8. The zero-order chi connectivity index (χ0) is 20.7. The van der Waals surface area contributed by atoms with Gasteiger partial charge in [0.2, 0.25) is 0 Å². The molecule has 6 nitrogen and oxygen atoms in total. The number of carbonyl (C=O) groups is 1. The smallest absolute Gasteiger partial charge is 0.253 e. The predicted octanol–water partition coefficient (Wildman–Crippen LogP) is 2.80. The summed E-state index contributed by atoms with van der Waals surface area (Å²) in [6.45, 7) is 6.73. The molecule has 0 bridgehead atoms. The number of rotatable bonds is 3. The highest BCUT2D eigenvalue weighted by atomic mass is 16.5. The number of carbonyl (C=O) groups excluding carboxylic acids is 1. The minimum Gasteiger partial charge on any atom is -0.461 e. The Bertz CT molecular complexity index is 887. The first-order valence-electron chi connectivity index (χ1n) is 11.0. The monoisotopic (exact) mass is 410 g/mol. The number of nitrogens with zero attached hydrogens (tertiary/aromatic N) is 2. The highest BCUT2D eigenvalue weighted by molar-refractivity contribution is 5.94. The quantitative estimate of drug-likeness (QED) is 0.843. The van der Waals surface area contributed by atoms with E-state index in [4.69, 9.17) is 9.15 Å². The number of furan rings is 1. The Balaban J connectivity index is 1.24. The molecular weight excluding hydrogens is 380 g/mol. The van der Waals surface area contributed by atoms with Crippen LogP contribution in [-0.4, -0.2) is 72.4 Å². The lowest BCUT2D eigenvalue weighted by Gasteiger charge is -2.43. The molecule has 3 heterocycles. The third-order valence-corrected chi connectivity index (χ3v) is 7.07. The number of amides is 1. The van der Waals surface area contributed by atoms with Gasteiger partial charge in [0.05, 0.1) is 19.3 Å². The van der Waals surface area contributed by atoms with Crippen LogP contribution in [0.4, 0.5) is 0 Å². The van der Waals surface area contributed by atoms with E-state index in [1.807, 2.05) is 48.2 Å². The molecule has 2 aromatic rings. The molecule has 1 aliphatic carbocycles. The van der Waals surface area contributed by atoms with E-state index in [-0.39, 0.29) is 18.1 Å². The Morgan fingerprint density at radius 1 is 1.00 bits per heavy atom. The fourth-order valence-corrected chi connectivity index (χ4v) is 5.42. The van der Waals surface area contributed by atoms with E-state index >= 15 is 0 Å². The van der Waals surface area contributed by atoms with Crippen molar-refractivity contribution >= 4 is 5.91 Å². The van der Waals surface area contributed by atoms with E-state index in [9.17, 15) is 9.90 Å². The second kappa shape index (κ2) is 8.17. The van der Waals surface area contributed by atoms with Crippen LogP contribution in [0.2, 0.25) is 0 Å². The average Bonchev–Trinajstić information content (AvgIpc) is 3.39. The number of aliphatic hydroxyl groups excluding tert-OH is 1. The molecule has 4 atom stereocenters. The van der Waals surface area contributed by atoms with Gasteiger partial charge in [-0.15, -0.1) is 0 Å². The zero-order valence-corrected chi connectivity index (χ0v) is 17.5. The summed E-state index contributed by atoms with van der Waals surface area (Å²) in [7, 11) is 0. The molecule has 30 heavy (non-hydrogen) atoms. The number of aryl methyl sites for hydroxylation is 1. The first-order chi connectivity index (χ1) is 14.6. The number of hydrogen-bond donors (Lipinski definition) is 1. The number of fused-ring (bicyclic) bond motifs is 1. The molecule has 3 aliphatic rings. The van der Waals surface area contributed by atoms with Crippen molar-refractivity contribution in [2.24, 2.45) is 11.8 Å². The number of morpholine rings is 1. The van der Waals surface area contributed by atoms with Gasteiger partial charge in [0.1, 0.15) is 11.5 Å². The van der Waals surface area contributed by atoms with Gasteiger partial charge in [-0.05, 0) is 55.9 Å². The van der Waals surface area contributed by atoms with Gasteiger partial charge < -0.3 is 19.2 Å². The van der Waals surface area contributed by atoms with E-state index < -0.39 is 0 Å². The summed E-state index contributed by atoms with van der Waals surface area (Å²) in [6, 6.07) is 11.8. The molecule has 0 spiro atoms. The predicted molar refractivity (Wildman–Crippen MR) is 113 cm³/mol. The highest BCUT2D eigenvalue weighted by Crippen LogP contribution is 2.39. The number of ether oxygens (including phenoxy) is 1. The summed E-state index contributed by atoms with van der Waals surface area (Å²) in [6.07, 6.45) is 1.44. The zero-order valence-electron chi connectivity index (χ0n) is 17.5. The van der Waals surface area contributed by atoms with Crippen molar-refractivity contribution in [1.29, 1.82) is 0 Å². The number of likely N-dealkylation sites (tertiary alicyclic amines) is 1. The maximum Gasteiger partial charge on any atom is 0.253 e. The van der Waals surface area contributed by atoms with Crippen LogP contribution in [0.1, 0.15) is 29.0 Å². The molecule has 1 aromatic heterocycles. The molecule has 5 rings (SSSR count). The standard InChI is InChI=1S/C24H30N2O4/c1-16-2-7-23(30-16)17-3-5-18(6-4-17)24(28)26-14-19-12-21(22(27)13-20(19)15-26)25-8-10-29-11-9-25/h2-7,19-22,27H,8-15H2,1H3/t19-,20+,21-,22-/m1/s1. The van der Waals surface area contributed by atoms with Crippen molar-refractivity contribution in [3.63, 3.8) is 0 Å². The van der Waals surface area contributed by atoms with Crippen molar-refractivity contribution in [1.82, 2.24) is 9.80 Å². The molecular formula is C24H30N2O4. The molecule has 1 amide bonds. The van der Waals surface area contributed by atoms with Gasteiger partial charge in [-0.3, -0.25) is 9.69 Å². The molecule has 2 saturated heterocycles. The van der Waals surface area contributed by atoms with E-state index in [0.717, 1.165) is 69.3 Å². The van der Waals surface area contributed by atoms with E-state index in [1.165, 1.54) is 0 Å². The fraction of sp³-hybridized carbons (Fsp3) is 0.542. The molecule has 6 heteroatoms. The van der Waals surface area contributed by atoms with Crippen LogP contribution in [0.15, 0.2) is 40.8 Å². The van der Waals surface area contributed by atoms with Gasteiger partial charge in [0.15, 0.2) is 0 Å². The lowest BCUT2D eigenvalue weighted by molar-refractivity contribution is -0.0520. The SMILES string of the molecule is Cc1ccc(-c2ccc(C(=O)N3C[C@H]4C[C@@H](N5CCOCC5)[C@H](O)C[C@H]4C3)cc2)o1. The van der Waals surface area contributed by atoms with Crippen molar-refractivity contribution in [3.05, 3.63) is 47.7 Å². The van der Waals surface area contributed by atoms with Crippen LogP contribution in [0, 0.1) is 18.8 Å². The van der Waals surface area contributed by atoms with E-state index in [1.54, 1.807) is 0 Å². The van der Waals surface area contributed by atoms with Crippen LogP contribution < -0.4 is 0 Å². The largest absolute Gasteiger partial charge is 0.461 e. The Morgan fingerprint density at radius 3 is 2.37 bits per heavy atom. The Labute approximate surface area is 177 Å². The number of hydrogen-bond acceptors (Lipinski definition) is 5. The van der Waals surface area contributed by atoms with Crippen molar-refractivity contribution in [3.8, 4) is 11.3 Å². The topological polar surface area (TPSA) is 66.2 Å². The second-order valence-corrected chi connectivity index (χ2v) is 8.97. The normalized spacial score (nSPS) is 29.7. The Morgan fingerprint density at radius 2 is 1.70 bits per heavy atom. The molecule has 2 aliphatic heterocycles. The second-order valence-electron chi connectivity index (χ2n) is 8.97. The van der Waals surface area contributed by atoms with Gasteiger partial charge in [0.25, 0.3) is 5.91 Å². The van der Waals surface area contributed by atoms with Crippen LogP contribution in [0.5, 0.6) is 0 Å². The molecule has 3 fully saturated rings. The summed E-state index contributed by atoms with van der Waals surface area (Å²) in [5.41, 5.74) is 1.69. The van der Waals surface area contributed by atoms with Crippen LogP contribution in [0.25, 0.3) is 11.3 Å². The molecule has 1 aromatic carbocycles. The van der Waals surface area contributed by atoms with Crippen LogP contribution in [-0.2, 0) is 4.74 Å². The third-order valence-electron chi connectivity index (χ3n) is 7.07. The lowest BCUT2D eigenvalue weighted by atomic mass is 9.77. The highest BCUT2D eigenvalue weighted by Gasteiger charge is 2.44. The summed E-state index contributed by atoms with van der Waals surface area (Å²) >= 11 is 0. The van der Waals surface area contributed by atoms with Gasteiger partial charge in [-0.1, -0.05) is 12.1 Å². The third kappa shape index (κ3) is 3.80. The molecule has 1 saturated carbocycles. The summed E-state index contributed by atoms with van der Waals surface area (Å²) < 4.78 is 11.1. The number of benzene rings is 1. The Kier molecular flexibility index (Phi) is 5.39. The van der Waals surface area contributed by atoms with Crippen LogP contribution in [0.3, 0.4) is 0 Å². The molecule has 1 N–H and O–H groups in total. The Hall–Kier alpha value is -2.15. The van der Waals surface area contributed by atoms with Crippen molar-refractivity contribution in [2.45, 2.75) is 31.9 Å². The fourth-order valence-electron chi connectivity index (χ4n) is 5.42. The molecule has 0 radical (unpaired) electrons. The minimum absolute atomic E-state index is 0.0870. The maximum absolute atomic E-state index is 13.1. The van der Waals surface area contributed by atoms with Gasteiger partial charge >= 0.3 is 0 Å². The molecule has 0 unspecified atom stereocenters. The lowest BCUT2D eigenvalue weighted by Crippen LogP contribution is -2.53. The van der Waals surface area contributed by atoms with Gasteiger partial charge in [-0.25, -0.2) is 0 Å². The van der Waals surface area contributed by atoms with E-state index in [0.29, 0.717) is 17.4 Å². The summed E-state index contributed by atoms with van der Waals surface area (Å²) in [4.78, 5) is 17.5. The summed E-state index contributed by atoms with van der Waals surface area (Å²) in [5, 5.41) is 10.8. The van der Waals surface area contributed by atoms with Gasteiger partial charge in [-0.2, -0.15) is 0 Å². The maximum atomic E-state index is 13.1. The van der Waals surface area contributed by atoms with Crippen LogP contribution >= 0.6 is 0 Å². The number of aliphatic hydroxyl groups is 1. The summed E-state index contributed by atoms with van der Waals surface area (Å²) in [5.74, 6) is 2.65. The minimum atomic E-state index is -0.310. The first-order valence-corrected chi connectivity index (χ1v) is 11.0. The molecule has 160 valence electrons. The van der Waals surface area contributed by atoms with Gasteiger partial charge in [0, 0.05) is 43.3 Å². The van der Waals surface area contributed by atoms with Crippen molar-refractivity contribution < 1.29 is 19.1 Å². The average molecular weight is 411 g/mol. The van der Waals surface area contributed by atoms with E-state index in [2.05, 4.69) is 4.90 Å². The van der Waals surface area contributed by atoms with Crippen molar-refractivity contribution in [2.75, 3.05) is 39.4 Å².